The first-order valence-electron chi connectivity index (χ1n) is 5.90. The summed E-state index contributed by atoms with van der Waals surface area (Å²) in [4.78, 5) is 3.39. The Hall–Kier alpha value is -1.45. The lowest BCUT2D eigenvalue weighted by atomic mass is 10.3. The third-order valence-electron chi connectivity index (χ3n) is 2.65. The van der Waals surface area contributed by atoms with Gasteiger partial charge in [0.25, 0.3) is 0 Å². The standard InChI is InChI=1S/C12H13BrFN3O3S/c1-6-5-16-12(20-6)7(2)17-21(18,19)10-4-8(15)3-9(13)11(10)14/h3-5,7,17H,15H2,1-2H3. The Balaban J connectivity index is 2.35. The fraction of sp³-hybridized carbons (Fsp3) is 0.250. The molecule has 0 aliphatic carbocycles. The molecular weight excluding hydrogens is 365 g/mol. The van der Waals surface area contributed by atoms with Gasteiger partial charge in [0.2, 0.25) is 15.9 Å². The summed E-state index contributed by atoms with van der Waals surface area (Å²) in [7, 11) is -4.11. The van der Waals surface area contributed by atoms with Crippen LogP contribution in [0.1, 0.15) is 24.6 Å². The third kappa shape index (κ3) is 3.42. The molecule has 0 spiro atoms. The Morgan fingerprint density at radius 3 is 2.71 bits per heavy atom. The van der Waals surface area contributed by atoms with Gasteiger partial charge in [-0.1, -0.05) is 0 Å². The monoisotopic (exact) mass is 377 g/mol. The number of nitrogens with two attached hydrogens (primary N) is 1. The van der Waals surface area contributed by atoms with E-state index < -0.39 is 26.8 Å². The van der Waals surface area contributed by atoms with Crippen LogP contribution in [0.15, 0.2) is 32.1 Å². The van der Waals surface area contributed by atoms with E-state index in [1.807, 2.05) is 0 Å². The molecule has 3 N–H and O–H groups in total. The van der Waals surface area contributed by atoms with E-state index in [-0.39, 0.29) is 16.1 Å². The van der Waals surface area contributed by atoms with Crippen molar-refractivity contribution in [3.05, 3.63) is 40.3 Å². The summed E-state index contributed by atoms with van der Waals surface area (Å²) in [6.07, 6.45) is 1.47. The molecule has 0 bridgehead atoms. The number of benzene rings is 1. The van der Waals surface area contributed by atoms with Gasteiger partial charge in [0.1, 0.15) is 10.7 Å². The van der Waals surface area contributed by atoms with E-state index in [1.165, 1.54) is 12.3 Å². The Kier molecular flexibility index (Phi) is 4.35. The van der Waals surface area contributed by atoms with Crippen molar-refractivity contribution < 1.29 is 17.2 Å². The largest absolute Gasteiger partial charge is 0.444 e. The number of sulfonamides is 1. The number of anilines is 1. The predicted molar refractivity (Wildman–Crippen MR) is 78.5 cm³/mol. The van der Waals surface area contributed by atoms with Crippen LogP contribution in [-0.4, -0.2) is 13.4 Å². The number of nitrogen functional groups attached to an aromatic ring is 1. The number of halogens is 2. The van der Waals surface area contributed by atoms with Crippen LogP contribution in [0.2, 0.25) is 0 Å². The van der Waals surface area contributed by atoms with Crippen LogP contribution in [0.5, 0.6) is 0 Å². The van der Waals surface area contributed by atoms with Crippen LogP contribution >= 0.6 is 15.9 Å². The number of hydrogen-bond donors (Lipinski definition) is 2. The highest BCUT2D eigenvalue weighted by Gasteiger charge is 2.25. The highest BCUT2D eigenvalue weighted by atomic mass is 79.9. The molecule has 0 fully saturated rings. The molecule has 0 radical (unpaired) electrons. The van der Waals surface area contributed by atoms with Crippen molar-refractivity contribution in [2.75, 3.05) is 5.73 Å². The third-order valence-corrected chi connectivity index (χ3v) is 4.77. The smallest absolute Gasteiger partial charge is 0.244 e. The number of oxazole rings is 1. The molecule has 0 amide bonds. The van der Waals surface area contributed by atoms with Gasteiger partial charge in [-0.3, -0.25) is 0 Å². The quantitative estimate of drug-likeness (QED) is 0.797. The molecular formula is C12H13BrFN3O3S. The van der Waals surface area contributed by atoms with Crippen molar-refractivity contribution in [2.45, 2.75) is 24.8 Å². The van der Waals surface area contributed by atoms with Crippen molar-refractivity contribution in [3.8, 4) is 0 Å². The van der Waals surface area contributed by atoms with Crippen molar-refractivity contribution in [3.63, 3.8) is 0 Å². The first kappa shape index (κ1) is 15.9. The summed E-state index contributed by atoms with van der Waals surface area (Å²) in [6.45, 7) is 3.23. The summed E-state index contributed by atoms with van der Waals surface area (Å²) in [5, 5.41) is 0. The van der Waals surface area contributed by atoms with Crippen LogP contribution in [-0.2, 0) is 10.0 Å². The van der Waals surface area contributed by atoms with E-state index in [2.05, 4.69) is 25.6 Å². The van der Waals surface area contributed by atoms with Crippen LogP contribution in [0.4, 0.5) is 10.1 Å². The molecule has 2 rings (SSSR count). The maximum Gasteiger partial charge on any atom is 0.244 e. The van der Waals surface area contributed by atoms with E-state index in [0.29, 0.717) is 5.76 Å². The molecule has 6 nitrogen and oxygen atoms in total. The maximum absolute atomic E-state index is 14.0. The SMILES string of the molecule is Cc1cnc(C(C)NS(=O)(=O)c2cc(N)cc(Br)c2F)o1. The Labute approximate surface area is 129 Å². The summed E-state index contributed by atoms with van der Waals surface area (Å²) in [5.41, 5.74) is 5.68. The zero-order valence-electron chi connectivity index (χ0n) is 11.2. The van der Waals surface area contributed by atoms with Gasteiger partial charge in [0.15, 0.2) is 5.82 Å². The average Bonchev–Trinajstić information content (AvgIpc) is 2.80. The zero-order chi connectivity index (χ0) is 15.8. The van der Waals surface area contributed by atoms with E-state index >= 15 is 0 Å². The second-order valence-corrected chi connectivity index (χ2v) is 7.00. The Morgan fingerprint density at radius 2 is 2.14 bits per heavy atom. The van der Waals surface area contributed by atoms with Crippen molar-refractivity contribution in [1.82, 2.24) is 9.71 Å². The van der Waals surface area contributed by atoms with Gasteiger partial charge in [0, 0.05) is 5.69 Å². The highest BCUT2D eigenvalue weighted by Crippen LogP contribution is 2.27. The number of nitrogens with one attached hydrogen (secondary N) is 1. The molecule has 1 unspecified atom stereocenters. The fourth-order valence-electron chi connectivity index (χ4n) is 1.70. The van der Waals surface area contributed by atoms with E-state index in [0.717, 1.165) is 6.07 Å². The van der Waals surface area contributed by atoms with Gasteiger partial charge in [-0.15, -0.1) is 0 Å². The zero-order valence-corrected chi connectivity index (χ0v) is 13.6. The number of rotatable bonds is 4. The number of nitrogens with zero attached hydrogens (tertiary/aromatic N) is 1. The lowest BCUT2D eigenvalue weighted by Gasteiger charge is -2.13. The minimum atomic E-state index is -4.11. The van der Waals surface area contributed by atoms with Crippen molar-refractivity contribution >= 4 is 31.6 Å². The molecule has 2 aromatic rings. The molecule has 1 aromatic heterocycles. The van der Waals surface area contributed by atoms with Gasteiger partial charge >= 0.3 is 0 Å². The first-order valence-corrected chi connectivity index (χ1v) is 8.17. The van der Waals surface area contributed by atoms with Crippen molar-refractivity contribution in [2.24, 2.45) is 0 Å². The molecule has 0 aliphatic rings. The molecule has 0 aliphatic heterocycles. The lowest BCUT2D eigenvalue weighted by Crippen LogP contribution is -2.28. The molecule has 1 aromatic carbocycles. The van der Waals surface area contributed by atoms with Crippen molar-refractivity contribution in [1.29, 1.82) is 0 Å². The van der Waals surface area contributed by atoms with Gasteiger partial charge in [-0.05, 0) is 41.9 Å². The summed E-state index contributed by atoms with van der Waals surface area (Å²) >= 11 is 2.93. The average molecular weight is 378 g/mol. The highest BCUT2D eigenvalue weighted by molar-refractivity contribution is 9.10. The second kappa shape index (κ2) is 5.74. The minimum Gasteiger partial charge on any atom is -0.444 e. The van der Waals surface area contributed by atoms with E-state index in [9.17, 15) is 12.8 Å². The molecule has 0 saturated heterocycles. The minimum absolute atomic E-state index is 0.0255. The topological polar surface area (TPSA) is 98.2 Å². The predicted octanol–water partition coefficient (Wildman–Crippen LogP) is 2.51. The van der Waals surface area contributed by atoms with Gasteiger partial charge < -0.3 is 10.2 Å². The molecule has 114 valence electrons. The van der Waals surface area contributed by atoms with Crippen LogP contribution in [0.3, 0.4) is 0 Å². The second-order valence-electron chi connectivity index (χ2n) is 4.47. The first-order chi connectivity index (χ1) is 9.70. The summed E-state index contributed by atoms with van der Waals surface area (Å²) in [6, 6.07) is 1.59. The van der Waals surface area contributed by atoms with Crippen LogP contribution < -0.4 is 10.5 Å². The molecule has 0 saturated carbocycles. The van der Waals surface area contributed by atoms with Crippen LogP contribution in [0.25, 0.3) is 0 Å². The molecule has 1 atom stereocenters. The number of hydrogen-bond acceptors (Lipinski definition) is 5. The summed E-state index contributed by atoms with van der Waals surface area (Å²) in [5.74, 6) is -0.166. The Bertz CT molecular complexity index is 776. The molecule has 9 heteroatoms. The van der Waals surface area contributed by atoms with Gasteiger partial charge in [-0.2, -0.15) is 4.72 Å². The molecule has 21 heavy (non-hydrogen) atoms. The van der Waals surface area contributed by atoms with Gasteiger partial charge in [0.05, 0.1) is 16.7 Å². The van der Waals surface area contributed by atoms with Gasteiger partial charge in [-0.25, -0.2) is 17.8 Å². The fourth-order valence-corrected chi connectivity index (χ4v) is 3.64. The number of aryl methyl sites for hydroxylation is 1. The lowest BCUT2D eigenvalue weighted by molar-refractivity contribution is 0.427. The Morgan fingerprint density at radius 1 is 1.48 bits per heavy atom. The molecule has 1 heterocycles. The van der Waals surface area contributed by atoms with Crippen LogP contribution in [0, 0.1) is 12.7 Å². The normalized spacial score (nSPS) is 13.3. The van der Waals surface area contributed by atoms with E-state index in [4.69, 9.17) is 10.2 Å². The summed E-state index contributed by atoms with van der Waals surface area (Å²) < 4.78 is 46.0. The number of aromatic nitrogens is 1. The van der Waals surface area contributed by atoms with E-state index in [1.54, 1.807) is 13.8 Å². The maximum atomic E-state index is 14.0.